The number of hydrogen-bond donors (Lipinski definition) is 1. The highest BCUT2D eigenvalue weighted by molar-refractivity contribution is 9.09. The molecule has 0 rings (SSSR count). The van der Waals surface area contributed by atoms with Crippen LogP contribution in [-0.4, -0.2) is 30.0 Å². The Morgan fingerprint density at radius 3 is 2.47 bits per heavy atom. The minimum Gasteiger partial charge on any atom is -0.366 e. The van der Waals surface area contributed by atoms with Crippen molar-refractivity contribution in [1.82, 2.24) is 5.32 Å². The van der Waals surface area contributed by atoms with Crippen LogP contribution in [-0.2, 0) is 9.53 Å². The van der Waals surface area contributed by atoms with E-state index >= 15 is 0 Å². The van der Waals surface area contributed by atoms with Crippen LogP contribution in [0.3, 0.4) is 0 Å². The third-order valence-electron chi connectivity index (χ3n) is 1.77. The first-order chi connectivity index (χ1) is 6.95. The second-order valence-electron chi connectivity index (χ2n) is 4.50. The smallest absolute Gasteiger partial charge is 0.246 e. The molecule has 1 N–H and O–H groups in total. The molecule has 0 unspecified atom stereocenters. The van der Waals surface area contributed by atoms with Crippen molar-refractivity contribution in [1.29, 1.82) is 0 Å². The Balaban J connectivity index is 3.34. The lowest BCUT2D eigenvalue weighted by atomic mass is 10.2. The van der Waals surface area contributed by atoms with E-state index in [2.05, 4.69) is 21.2 Å². The molecule has 0 bridgehead atoms. The van der Waals surface area contributed by atoms with Crippen molar-refractivity contribution in [2.24, 2.45) is 0 Å². The molecule has 0 atom stereocenters. The van der Waals surface area contributed by atoms with E-state index in [9.17, 15) is 4.79 Å². The maximum atomic E-state index is 11.3. The Morgan fingerprint density at radius 1 is 1.27 bits per heavy atom. The van der Waals surface area contributed by atoms with Crippen LogP contribution >= 0.6 is 15.9 Å². The number of rotatable bonds is 7. The Kier molecular flexibility index (Phi) is 8.06. The summed E-state index contributed by atoms with van der Waals surface area (Å²) in [7, 11) is 0. The molecule has 15 heavy (non-hydrogen) atoms. The largest absolute Gasteiger partial charge is 0.366 e. The third-order valence-corrected chi connectivity index (χ3v) is 2.33. The fourth-order valence-electron chi connectivity index (χ4n) is 0.957. The van der Waals surface area contributed by atoms with Gasteiger partial charge >= 0.3 is 0 Å². The van der Waals surface area contributed by atoms with Crippen LogP contribution in [0.15, 0.2) is 0 Å². The molecule has 1 amide bonds. The zero-order chi connectivity index (χ0) is 11.7. The zero-order valence-electron chi connectivity index (χ0n) is 9.94. The number of halogens is 1. The summed E-state index contributed by atoms with van der Waals surface area (Å²) in [6.07, 6.45) is 3.34. The molecule has 0 spiro atoms. The SMILES string of the molecule is CC(C)(C)OCC(=O)NCCCCCBr. The van der Waals surface area contributed by atoms with E-state index in [0.29, 0.717) is 0 Å². The monoisotopic (exact) mass is 279 g/mol. The maximum Gasteiger partial charge on any atom is 0.246 e. The Morgan fingerprint density at radius 2 is 1.93 bits per heavy atom. The number of hydrogen-bond acceptors (Lipinski definition) is 2. The first-order valence-electron chi connectivity index (χ1n) is 5.42. The average molecular weight is 280 g/mol. The molecule has 0 aromatic rings. The van der Waals surface area contributed by atoms with Crippen LogP contribution < -0.4 is 5.32 Å². The van der Waals surface area contributed by atoms with Crippen molar-refractivity contribution >= 4 is 21.8 Å². The van der Waals surface area contributed by atoms with Gasteiger partial charge in [-0.15, -0.1) is 0 Å². The van der Waals surface area contributed by atoms with Gasteiger partial charge in [-0.3, -0.25) is 4.79 Å². The summed E-state index contributed by atoms with van der Waals surface area (Å²) in [5.41, 5.74) is -0.243. The normalized spacial score (nSPS) is 11.5. The summed E-state index contributed by atoms with van der Waals surface area (Å²) in [5, 5.41) is 3.87. The van der Waals surface area contributed by atoms with Crippen LogP contribution in [0.25, 0.3) is 0 Å². The van der Waals surface area contributed by atoms with Gasteiger partial charge in [0.1, 0.15) is 6.61 Å². The predicted octanol–water partition coefficient (Wildman–Crippen LogP) is 2.48. The van der Waals surface area contributed by atoms with Gasteiger partial charge in [0, 0.05) is 11.9 Å². The summed E-state index contributed by atoms with van der Waals surface area (Å²) < 4.78 is 5.35. The highest BCUT2D eigenvalue weighted by Gasteiger charge is 2.12. The van der Waals surface area contributed by atoms with Crippen LogP contribution in [0, 0.1) is 0 Å². The zero-order valence-corrected chi connectivity index (χ0v) is 11.5. The van der Waals surface area contributed by atoms with E-state index in [1.165, 1.54) is 0 Å². The molecule has 0 radical (unpaired) electrons. The maximum absolute atomic E-state index is 11.3. The van der Waals surface area contributed by atoms with Gasteiger partial charge in [-0.05, 0) is 33.6 Å². The van der Waals surface area contributed by atoms with Crippen LogP contribution in [0.1, 0.15) is 40.0 Å². The van der Waals surface area contributed by atoms with Crippen LogP contribution in [0.5, 0.6) is 0 Å². The van der Waals surface area contributed by atoms with E-state index < -0.39 is 0 Å². The fourth-order valence-corrected chi connectivity index (χ4v) is 1.35. The lowest BCUT2D eigenvalue weighted by molar-refractivity contribution is -0.130. The van der Waals surface area contributed by atoms with Crippen molar-refractivity contribution in [3.8, 4) is 0 Å². The summed E-state index contributed by atoms with van der Waals surface area (Å²) in [5.74, 6) is -0.0243. The Bertz CT molecular complexity index is 178. The molecule has 0 aliphatic heterocycles. The molecule has 3 nitrogen and oxygen atoms in total. The van der Waals surface area contributed by atoms with Gasteiger partial charge in [-0.2, -0.15) is 0 Å². The van der Waals surface area contributed by atoms with Crippen LogP contribution in [0.2, 0.25) is 0 Å². The highest BCUT2D eigenvalue weighted by Crippen LogP contribution is 2.05. The summed E-state index contributed by atoms with van der Waals surface area (Å²) in [4.78, 5) is 11.3. The van der Waals surface area contributed by atoms with Gasteiger partial charge in [0.2, 0.25) is 5.91 Å². The number of amides is 1. The van der Waals surface area contributed by atoms with Crippen molar-refractivity contribution in [2.45, 2.75) is 45.6 Å². The van der Waals surface area contributed by atoms with Crippen LogP contribution in [0.4, 0.5) is 0 Å². The predicted molar refractivity (Wildman–Crippen MR) is 66.4 cm³/mol. The number of alkyl halides is 1. The number of nitrogens with one attached hydrogen (secondary N) is 1. The van der Waals surface area contributed by atoms with E-state index in [0.717, 1.165) is 31.1 Å². The molecule has 0 aromatic carbocycles. The second kappa shape index (κ2) is 8.11. The quantitative estimate of drug-likeness (QED) is 0.574. The van der Waals surface area contributed by atoms with E-state index in [1.54, 1.807) is 0 Å². The lowest BCUT2D eigenvalue weighted by Gasteiger charge is -2.18. The molecule has 0 saturated heterocycles. The molecular weight excluding hydrogens is 258 g/mol. The summed E-state index contributed by atoms with van der Waals surface area (Å²) >= 11 is 3.37. The van der Waals surface area contributed by atoms with Gasteiger partial charge in [-0.25, -0.2) is 0 Å². The Labute approximate surface area is 101 Å². The van der Waals surface area contributed by atoms with Gasteiger partial charge in [0.05, 0.1) is 5.60 Å². The molecule has 0 aliphatic rings. The van der Waals surface area contributed by atoms with Gasteiger partial charge in [0.15, 0.2) is 0 Å². The number of unbranched alkanes of at least 4 members (excludes halogenated alkanes) is 2. The Hall–Kier alpha value is -0.0900. The number of carbonyl (C=O) groups is 1. The van der Waals surface area contributed by atoms with Crippen molar-refractivity contribution in [3.05, 3.63) is 0 Å². The average Bonchev–Trinajstić information content (AvgIpc) is 2.13. The van der Waals surface area contributed by atoms with Crippen molar-refractivity contribution in [2.75, 3.05) is 18.5 Å². The topological polar surface area (TPSA) is 38.3 Å². The molecular formula is C11H22BrNO2. The molecule has 0 saturated carbocycles. The molecule has 0 heterocycles. The third kappa shape index (κ3) is 11.8. The number of ether oxygens (including phenoxy) is 1. The first kappa shape index (κ1) is 14.9. The summed E-state index contributed by atoms with van der Waals surface area (Å²) in [6.45, 7) is 6.73. The molecule has 4 heteroatoms. The highest BCUT2D eigenvalue weighted by atomic mass is 79.9. The minimum absolute atomic E-state index is 0.0243. The summed E-state index contributed by atoms with van der Waals surface area (Å²) in [6, 6.07) is 0. The minimum atomic E-state index is -0.243. The van der Waals surface area contributed by atoms with E-state index in [4.69, 9.17) is 4.74 Å². The first-order valence-corrected chi connectivity index (χ1v) is 6.54. The second-order valence-corrected chi connectivity index (χ2v) is 5.29. The van der Waals surface area contributed by atoms with Crippen molar-refractivity contribution in [3.63, 3.8) is 0 Å². The van der Waals surface area contributed by atoms with E-state index in [1.807, 2.05) is 20.8 Å². The standard InChI is InChI=1S/C11H22BrNO2/c1-11(2,3)15-9-10(14)13-8-6-4-5-7-12/h4-9H2,1-3H3,(H,13,14). The van der Waals surface area contributed by atoms with Gasteiger partial charge < -0.3 is 10.1 Å². The number of carbonyl (C=O) groups excluding carboxylic acids is 1. The molecule has 0 aromatic heterocycles. The van der Waals surface area contributed by atoms with Gasteiger partial charge in [0.25, 0.3) is 0 Å². The molecule has 0 fully saturated rings. The van der Waals surface area contributed by atoms with Gasteiger partial charge in [-0.1, -0.05) is 22.4 Å². The molecule has 0 aliphatic carbocycles. The molecule has 90 valence electrons. The lowest BCUT2D eigenvalue weighted by Crippen LogP contribution is -2.32. The fraction of sp³-hybridized carbons (Fsp3) is 0.909. The van der Waals surface area contributed by atoms with E-state index in [-0.39, 0.29) is 18.1 Å². The van der Waals surface area contributed by atoms with Crippen molar-refractivity contribution < 1.29 is 9.53 Å².